The first-order chi connectivity index (χ1) is 13.0. The molecule has 0 unspecified atom stereocenters. The lowest BCUT2D eigenvalue weighted by Crippen LogP contribution is -2.46. The zero-order chi connectivity index (χ0) is 19.2. The summed E-state index contributed by atoms with van der Waals surface area (Å²) in [5.74, 6) is -0.212. The van der Waals surface area contributed by atoms with Gasteiger partial charge >= 0.3 is 0 Å². The number of nitro groups is 1. The number of nitrogens with one attached hydrogen (secondary N) is 1. The Morgan fingerprint density at radius 3 is 2.70 bits per heavy atom. The van der Waals surface area contributed by atoms with E-state index in [0.717, 1.165) is 0 Å². The Labute approximate surface area is 160 Å². The summed E-state index contributed by atoms with van der Waals surface area (Å²) in [7, 11) is 0. The molecule has 8 heteroatoms. The normalized spacial score (nSPS) is 15.0. The van der Waals surface area contributed by atoms with Crippen molar-refractivity contribution < 1.29 is 14.5 Å². The third-order valence-electron chi connectivity index (χ3n) is 4.42. The third kappa shape index (κ3) is 5.01. The molecule has 1 aliphatic rings. The largest absolute Gasteiger partial charge is 0.349 e. The van der Waals surface area contributed by atoms with Crippen LogP contribution >= 0.6 is 11.3 Å². The number of hydrogen-bond acceptors (Lipinski definition) is 5. The number of carbonyl (C=O) groups is 2. The molecule has 2 aromatic rings. The molecule has 0 spiro atoms. The molecule has 1 aromatic heterocycles. The first kappa shape index (κ1) is 18.8. The monoisotopic (exact) mass is 385 g/mol. The van der Waals surface area contributed by atoms with Crippen LogP contribution in [0.2, 0.25) is 0 Å². The van der Waals surface area contributed by atoms with Crippen molar-refractivity contribution in [1.82, 2.24) is 10.2 Å². The Balaban J connectivity index is 1.50. The Kier molecular flexibility index (Phi) is 5.97. The lowest BCUT2D eigenvalue weighted by Gasteiger charge is -2.31. The zero-order valence-corrected chi connectivity index (χ0v) is 15.4. The van der Waals surface area contributed by atoms with E-state index < -0.39 is 4.92 Å². The number of piperidine rings is 1. The minimum atomic E-state index is -0.464. The highest BCUT2D eigenvalue weighted by atomic mass is 32.1. The van der Waals surface area contributed by atoms with Crippen molar-refractivity contribution in [1.29, 1.82) is 0 Å². The summed E-state index contributed by atoms with van der Waals surface area (Å²) in [6, 6.07) is 7.98. The van der Waals surface area contributed by atoms with Crippen LogP contribution in [0.3, 0.4) is 0 Å². The Morgan fingerprint density at radius 2 is 2.04 bits per heavy atom. The Morgan fingerprint density at radius 1 is 1.26 bits per heavy atom. The second kappa shape index (κ2) is 8.59. The van der Waals surface area contributed by atoms with Crippen LogP contribution in [-0.4, -0.2) is 40.8 Å². The van der Waals surface area contributed by atoms with Gasteiger partial charge in [0.2, 0.25) is 5.91 Å². The number of nitro benzene ring substituents is 1. The van der Waals surface area contributed by atoms with Gasteiger partial charge in [0.1, 0.15) is 0 Å². The van der Waals surface area contributed by atoms with Crippen LogP contribution in [0.15, 0.2) is 47.2 Å². The quantitative estimate of drug-likeness (QED) is 0.486. The summed E-state index contributed by atoms with van der Waals surface area (Å²) in [5.41, 5.74) is 1.26. The third-order valence-corrected chi connectivity index (χ3v) is 5.11. The predicted octanol–water partition coefficient (Wildman–Crippen LogP) is 3.09. The molecule has 0 aliphatic carbocycles. The molecule has 0 bridgehead atoms. The fraction of sp³-hybridized carbons (Fsp3) is 0.263. The van der Waals surface area contributed by atoms with Gasteiger partial charge < -0.3 is 10.2 Å². The fourth-order valence-electron chi connectivity index (χ4n) is 2.92. The van der Waals surface area contributed by atoms with E-state index in [1.165, 1.54) is 29.5 Å². The molecule has 1 N–H and O–H groups in total. The number of hydrogen-bond donors (Lipinski definition) is 1. The van der Waals surface area contributed by atoms with Gasteiger partial charge in [0.05, 0.1) is 4.92 Å². The van der Waals surface area contributed by atoms with Crippen molar-refractivity contribution in [3.8, 4) is 0 Å². The summed E-state index contributed by atoms with van der Waals surface area (Å²) < 4.78 is 0. The zero-order valence-electron chi connectivity index (χ0n) is 14.5. The number of benzene rings is 1. The topological polar surface area (TPSA) is 92.6 Å². The highest BCUT2D eigenvalue weighted by Crippen LogP contribution is 2.16. The van der Waals surface area contributed by atoms with Crippen LogP contribution in [0.5, 0.6) is 0 Å². The molecule has 1 aromatic carbocycles. The van der Waals surface area contributed by atoms with Gasteiger partial charge in [0, 0.05) is 48.3 Å². The number of rotatable bonds is 5. The van der Waals surface area contributed by atoms with Crippen molar-refractivity contribution >= 4 is 34.9 Å². The minimum Gasteiger partial charge on any atom is -0.349 e. The van der Waals surface area contributed by atoms with E-state index in [1.807, 2.05) is 10.8 Å². The van der Waals surface area contributed by atoms with Crippen LogP contribution in [0, 0.1) is 10.1 Å². The first-order valence-electron chi connectivity index (χ1n) is 8.57. The summed E-state index contributed by atoms with van der Waals surface area (Å²) in [5, 5.41) is 17.5. The standard InChI is InChI=1S/C19H19N3O4S/c23-18(5-4-14-2-1-3-17(12-14)22(25)26)21-9-6-16(7-10-21)20-19(24)15-8-11-27-13-15/h1-5,8,11-13,16H,6-7,9-10H2,(H,20,24)/b5-4+. The molecule has 1 fully saturated rings. The molecule has 2 amide bonds. The van der Waals surface area contributed by atoms with Gasteiger partial charge in [-0.05, 0) is 35.9 Å². The van der Waals surface area contributed by atoms with Crippen molar-refractivity contribution in [3.63, 3.8) is 0 Å². The van der Waals surface area contributed by atoms with Gasteiger partial charge in [-0.1, -0.05) is 12.1 Å². The van der Waals surface area contributed by atoms with Gasteiger partial charge in [-0.15, -0.1) is 0 Å². The van der Waals surface area contributed by atoms with E-state index in [0.29, 0.717) is 37.1 Å². The molecule has 1 aliphatic heterocycles. The van der Waals surface area contributed by atoms with E-state index in [1.54, 1.807) is 29.2 Å². The van der Waals surface area contributed by atoms with Crippen LogP contribution in [-0.2, 0) is 4.79 Å². The first-order valence-corrected chi connectivity index (χ1v) is 9.52. The molecule has 1 saturated heterocycles. The second-order valence-electron chi connectivity index (χ2n) is 6.27. The SMILES string of the molecule is O=C(NC1CCN(C(=O)/C=C/c2cccc([N+](=O)[O-])c2)CC1)c1ccsc1. The summed E-state index contributed by atoms with van der Waals surface area (Å²) in [6.07, 6.45) is 4.42. The predicted molar refractivity (Wildman–Crippen MR) is 104 cm³/mol. The smallest absolute Gasteiger partial charge is 0.270 e. The molecule has 140 valence electrons. The number of non-ortho nitro benzene ring substituents is 1. The average Bonchev–Trinajstić information content (AvgIpc) is 3.22. The number of amides is 2. The van der Waals surface area contributed by atoms with E-state index in [9.17, 15) is 19.7 Å². The lowest BCUT2D eigenvalue weighted by atomic mass is 10.0. The molecular weight excluding hydrogens is 366 g/mol. The van der Waals surface area contributed by atoms with Crippen molar-refractivity contribution in [2.45, 2.75) is 18.9 Å². The van der Waals surface area contributed by atoms with Gasteiger partial charge in [0.15, 0.2) is 0 Å². The maximum Gasteiger partial charge on any atom is 0.270 e. The molecular formula is C19H19N3O4S. The number of nitrogens with zero attached hydrogens (tertiary/aromatic N) is 2. The van der Waals surface area contributed by atoms with Crippen LogP contribution in [0.1, 0.15) is 28.8 Å². The Bertz CT molecular complexity index is 856. The number of likely N-dealkylation sites (tertiary alicyclic amines) is 1. The molecule has 0 radical (unpaired) electrons. The Hall–Kier alpha value is -3.00. The van der Waals surface area contributed by atoms with Crippen molar-refractivity contribution in [3.05, 3.63) is 68.4 Å². The van der Waals surface area contributed by atoms with Gasteiger partial charge in [-0.3, -0.25) is 19.7 Å². The van der Waals surface area contributed by atoms with E-state index in [-0.39, 0.29) is 23.5 Å². The van der Waals surface area contributed by atoms with Crippen LogP contribution in [0.25, 0.3) is 6.08 Å². The van der Waals surface area contributed by atoms with Gasteiger partial charge in [0.25, 0.3) is 11.6 Å². The van der Waals surface area contributed by atoms with Crippen LogP contribution < -0.4 is 5.32 Å². The lowest BCUT2D eigenvalue weighted by molar-refractivity contribution is -0.384. The highest BCUT2D eigenvalue weighted by molar-refractivity contribution is 7.08. The summed E-state index contributed by atoms with van der Waals surface area (Å²) in [4.78, 5) is 36.5. The van der Waals surface area contributed by atoms with Gasteiger partial charge in [-0.25, -0.2) is 0 Å². The molecule has 27 heavy (non-hydrogen) atoms. The highest BCUT2D eigenvalue weighted by Gasteiger charge is 2.23. The minimum absolute atomic E-state index is 0.00761. The second-order valence-corrected chi connectivity index (χ2v) is 7.05. The van der Waals surface area contributed by atoms with Crippen molar-refractivity contribution in [2.75, 3.05) is 13.1 Å². The van der Waals surface area contributed by atoms with E-state index in [2.05, 4.69) is 5.32 Å². The molecule has 3 rings (SSSR count). The van der Waals surface area contributed by atoms with E-state index in [4.69, 9.17) is 0 Å². The summed E-state index contributed by atoms with van der Waals surface area (Å²) >= 11 is 1.48. The van der Waals surface area contributed by atoms with Gasteiger partial charge in [-0.2, -0.15) is 11.3 Å². The van der Waals surface area contributed by atoms with Crippen LogP contribution in [0.4, 0.5) is 5.69 Å². The maximum absolute atomic E-state index is 12.3. The summed E-state index contributed by atoms with van der Waals surface area (Å²) in [6.45, 7) is 1.12. The molecule has 7 nitrogen and oxygen atoms in total. The average molecular weight is 385 g/mol. The van der Waals surface area contributed by atoms with E-state index >= 15 is 0 Å². The number of thiophene rings is 1. The molecule has 0 atom stereocenters. The fourth-order valence-corrected chi connectivity index (χ4v) is 3.56. The maximum atomic E-state index is 12.3. The molecule has 2 heterocycles. The van der Waals surface area contributed by atoms with Crippen molar-refractivity contribution in [2.24, 2.45) is 0 Å². The number of carbonyl (C=O) groups excluding carboxylic acids is 2. The molecule has 0 saturated carbocycles.